The third kappa shape index (κ3) is 3.81. The van der Waals surface area contributed by atoms with Gasteiger partial charge in [0.05, 0.1) is 5.56 Å². The van der Waals surface area contributed by atoms with Gasteiger partial charge in [-0.25, -0.2) is 4.39 Å². The minimum absolute atomic E-state index is 0.0475. The van der Waals surface area contributed by atoms with Gasteiger partial charge < -0.3 is 15.1 Å². The second kappa shape index (κ2) is 7.73. The molecule has 0 aromatic heterocycles. The smallest absolute Gasteiger partial charge is 0.257 e. The van der Waals surface area contributed by atoms with E-state index in [0.717, 1.165) is 25.7 Å². The van der Waals surface area contributed by atoms with Crippen LogP contribution in [0.3, 0.4) is 0 Å². The first-order chi connectivity index (χ1) is 12.0. The number of hydrogen-bond donors (Lipinski definition) is 2. The second-order valence-corrected chi connectivity index (χ2v) is 7.74. The van der Waals surface area contributed by atoms with Gasteiger partial charge in [0.25, 0.3) is 5.91 Å². The summed E-state index contributed by atoms with van der Waals surface area (Å²) in [5, 5.41) is 18.5. The van der Waals surface area contributed by atoms with E-state index in [1.54, 1.807) is 11.0 Å². The lowest BCUT2D eigenvalue weighted by Gasteiger charge is -2.34. The number of fused-ring (bicyclic) bond motifs is 1. The highest BCUT2D eigenvalue weighted by atomic mass is 19.1. The number of phenols is 1. The Kier molecular flexibility index (Phi) is 5.62. The van der Waals surface area contributed by atoms with Gasteiger partial charge >= 0.3 is 0 Å². The molecule has 4 nitrogen and oxygen atoms in total. The van der Waals surface area contributed by atoms with Crippen LogP contribution in [-0.4, -0.2) is 34.2 Å². The molecule has 25 heavy (non-hydrogen) atoms. The number of amides is 1. The van der Waals surface area contributed by atoms with Crippen molar-refractivity contribution in [3.8, 4) is 5.75 Å². The number of nitrogens with zero attached hydrogens (tertiary/aromatic N) is 1. The monoisotopic (exact) mass is 349 g/mol. The Hall–Kier alpha value is -1.62. The van der Waals surface area contributed by atoms with E-state index < -0.39 is 11.6 Å². The zero-order valence-electron chi connectivity index (χ0n) is 14.9. The zero-order chi connectivity index (χ0) is 18.0. The van der Waals surface area contributed by atoms with Gasteiger partial charge in [0.1, 0.15) is 0 Å². The first kappa shape index (κ1) is 18.2. The number of carbonyl (C=O) groups excluding carboxylic acids is 1. The molecule has 5 heteroatoms. The number of carbonyl (C=O) groups is 1. The van der Waals surface area contributed by atoms with Gasteiger partial charge in [-0.1, -0.05) is 13.0 Å². The Bertz CT molecular complexity index is 626. The lowest BCUT2D eigenvalue weighted by molar-refractivity contribution is 0.0716. The third-order valence-electron chi connectivity index (χ3n) is 6.06. The van der Waals surface area contributed by atoms with Crippen LogP contribution >= 0.6 is 0 Å². The number of phenolic OH excluding ortho intramolecular Hbond substituents is 1. The summed E-state index contributed by atoms with van der Waals surface area (Å²) in [6.07, 6.45) is 6.49. The van der Waals surface area contributed by atoms with E-state index in [2.05, 4.69) is 6.92 Å². The molecule has 1 aliphatic carbocycles. The largest absolute Gasteiger partial charge is 0.505 e. The van der Waals surface area contributed by atoms with Crippen molar-refractivity contribution in [2.75, 3.05) is 13.2 Å². The van der Waals surface area contributed by atoms with E-state index in [4.69, 9.17) is 5.11 Å². The third-order valence-corrected chi connectivity index (χ3v) is 6.06. The van der Waals surface area contributed by atoms with Crippen LogP contribution in [-0.2, 0) is 6.54 Å². The van der Waals surface area contributed by atoms with Gasteiger partial charge in [-0.15, -0.1) is 0 Å². The maximum absolute atomic E-state index is 14.0. The molecule has 1 amide bonds. The van der Waals surface area contributed by atoms with Crippen molar-refractivity contribution >= 4 is 5.91 Å². The summed E-state index contributed by atoms with van der Waals surface area (Å²) in [5.41, 5.74) is 0.720. The van der Waals surface area contributed by atoms with Crippen LogP contribution in [0.25, 0.3) is 0 Å². The Morgan fingerprint density at radius 1 is 1.28 bits per heavy atom. The zero-order valence-corrected chi connectivity index (χ0v) is 14.9. The molecule has 0 saturated heterocycles. The van der Waals surface area contributed by atoms with Crippen LogP contribution in [0.15, 0.2) is 12.1 Å². The molecule has 1 aromatic rings. The minimum Gasteiger partial charge on any atom is -0.505 e. The Labute approximate surface area is 148 Å². The van der Waals surface area contributed by atoms with Crippen LogP contribution in [0.2, 0.25) is 0 Å². The van der Waals surface area contributed by atoms with E-state index in [-0.39, 0.29) is 18.1 Å². The highest BCUT2D eigenvalue weighted by Gasteiger charge is 2.34. The summed E-state index contributed by atoms with van der Waals surface area (Å²) in [6.45, 7) is 3.66. The minimum atomic E-state index is -0.786. The average Bonchev–Trinajstić information content (AvgIpc) is 2.93. The molecular formula is C20H28FNO3. The first-order valence-electron chi connectivity index (χ1n) is 9.41. The number of aliphatic hydroxyl groups excluding tert-OH is 1. The molecule has 1 aromatic carbocycles. The lowest BCUT2D eigenvalue weighted by atomic mass is 9.75. The standard InChI is InChI=1S/C20H28FNO3/c1-13(3-2-10-23)15-6-4-14(5-7-15)11-22-12-16-8-9-17(24)19(21)18(16)20(22)25/h8-9,13-15,23-24H,2-7,10-12H2,1H3. The highest BCUT2D eigenvalue weighted by Crippen LogP contribution is 2.37. The van der Waals surface area contributed by atoms with E-state index in [1.165, 1.54) is 18.9 Å². The molecule has 1 saturated carbocycles. The number of halogens is 1. The SMILES string of the molecule is CC(CCCO)C1CCC(CN2Cc3ccc(O)c(F)c3C2=O)CC1. The predicted molar refractivity (Wildman–Crippen MR) is 93.7 cm³/mol. The Balaban J connectivity index is 1.54. The fraction of sp³-hybridized carbons (Fsp3) is 0.650. The van der Waals surface area contributed by atoms with Crippen LogP contribution < -0.4 is 0 Å². The number of rotatable bonds is 6. The molecular weight excluding hydrogens is 321 g/mol. The number of hydrogen-bond acceptors (Lipinski definition) is 3. The Morgan fingerprint density at radius 2 is 2.00 bits per heavy atom. The van der Waals surface area contributed by atoms with Gasteiger partial charge in [0, 0.05) is 19.7 Å². The highest BCUT2D eigenvalue weighted by molar-refractivity contribution is 5.99. The maximum Gasteiger partial charge on any atom is 0.257 e. The van der Waals surface area contributed by atoms with E-state index in [0.29, 0.717) is 36.4 Å². The summed E-state index contributed by atoms with van der Waals surface area (Å²) in [4.78, 5) is 14.2. The summed E-state index contributed by atoms with van der Waals surface area (Å²) in [7, 11) is 0. The van der Waals surface area contributed by atoms with Gasteiger partial charge in [-0.2, -0.15) is 0 Å². The summed E-state index contributed by atoms with van der Waals surface area (Å²) in [6, 6.07) is 2.97. The summed E-state index contributed by atoms with van der Waals surface area (Å²) in [5.74, 6) is 0.294. The Morgan fingerprint density at radius 3 is 2.68 bits per heavy atom. The average molecular weight is 349 g/mol. The topological polar surface area (TPSA) is 60.8 Å². The van der Waals surface area contributed by atoms with Crippen molar-refractivity contribution in [3.05, 3.63) is 29.1 Å². The van der Waals surface area contributed by atoms with E-state index in [1.807, 2.05) is 0 Å². The predicted octanol–water partition coefficient (Wildman–Crippen LogP) is 3.70. The van der Waals surface area contributed by atoms with Crippen LogP contribution in [0.5, 0.6) is 5.75 Å². The molecule has 3 rings (SSSR count). The van der Waals surface area contributed by atoms with E-state index in [9.17, 15) is 14.3 Å². The van der Waals surface area contributed by atoms with Crippen molar-refractivity contribution in [2.45, 2.75) is 52.0 Å². The second-order valence-electron chi connectivity index (χ2n) is 7.74. The quantitative estimate of drug-likeness (QED) is 0.823. The summed E-state index contributed by atoms with van der Waals surface area (Å²) < 4.78 is 14.0. The van der Waals surface area contributed by atoms with Crippen molar-refractivity contribution in [1.82, 2.24) is 4.90 Å². The fourth-order valence-corrected chi connectivity index (χ4v) is 4.45. The van der Waals surface area contributed by atoms with Crippen molar-refractivity contribution in [2.24, 2.45) is 17.8 Å². The molecule has 1 heterocycles. The number of aromatic hydroxyl groups is 1. The lowest BCUT2D eigenvalue weighted by Crippen LogP contribution is -2.32. The molecule has 0 radical (unpaired) electrons. The number of aliphatic hydroxyl groups is 1. The maximum atomic E-state index is 14.0. The van der Waals surface area contributed by atoms with E-state index >= 15 is 0 Å². The van der Waals surface area contributed by atoms with Crippen molar-refractivity contribution < 1.29 is 19.4 Å². The van der Waals surface area contributed by atoms with Gasteiger partial charge in [-0.05, 0) is 67.9 Å². The molecule has 1 atom stereocenters. The van der Waals surface area contributed by atoms with Gasteiger partial charge in [0.2, 0.25) is 0 Å². The molecule has 138 valence electrons. The van der Waals surface area contributed by atoms with Crippen LogP contribution in [0, 0.1) is 23.6 Å². The molecule has 1 fully saturated rings. The molecule has 1 unspecified atom stereocenters. The first-order valence-corrected chi connectivity index (χ1v) is 9.41. The normalized spacial score (nSPS) is 24.4. The summed E-state index contributed by atoms with van der Waals surface area (Å²) >= 11 is 0. The van der Waals surface area contributed by atoms with Gasteiger partial charge in [-0.3, -0.25) is 4.79 Å². The molecule has 0 spiro atoms. The molecule has 2 aliphatic rings. The van der Waals surface area contributed by atoms with Crippen molar-refractivity contribution in [1.29, 1.82) is 0 Å². The fourth-order valence-electron chi connectivity index (χ4n) is 4.45. The molecule has 1 aliphatic heterocycles. The van der Waals surface area contributed by atoms with Crippen LogP contribution in [0.4, 0.5) is 4.39 Å². The number of benzene rings is 1. The van der Waals surface area contributed by atoms with Crippen molar-refractivity contribution in [3.63, 3.8) is 0 Å². The van der Waals surface area contributed by atoms with Crippen LogP contribution in [0.1, 0.15) is 61.4 Å². The van der Waals surface area contributed by atoms with Gasteiger partial charge in [0.15, 0.2) is 11.6 Å². The molecule has 0 bridgehead atoms. The molecule has 2 N–H and O–H groups in total.